The summed E-state index contributed by atoms with van der Waals surface area (Å²) < 4.78 is 44.7. The van der Waals surface area contributed by atoms with Gasteiger partial charge in [0.1, 0.15) is 0 Å². The van der Waals surface area contributed by atoms with Crippen LogP contribution in [0.2, 0.25) is 0 Å². The summed E-state index contributed by atoms with van der Waals surface area (Å²) in [4.78, 5) is 0. The lowest BCUT2D eigenvalue weighted by atomic mass is 10.3. The maximum Gasteiger partial charge on any atom is 0.573 e. The molecule has 0 saturated heterocycles. The van der Waals surface area contributed by atoms with Crippen molar-refractivity contribution in [3.63, 3.8) is 0 Å². The predicted molar refractivity (Wildman–Crippen MR) is 52.4 cm³/mol. The average molecular weight is 285 g/mol. The molecule has 1 aromatic rings. The Labute approximate surface area is 93.1 Å². The highest BCUT2D eigenvalue weighted by Crippen LogP contribution is 2.31. The van der Waals surface area contributed by atoms with Crippen molar-refractivity contribution in [1.29, 1.82) is 0 Å². The number of hydrogen-bond acceptors (Lipinski definition) is 2. The Bertz CT molecular complexity index is 314. The molecular formula is C9H8BrF3O2. The molecule has 0 radical (unpaired) electrons. The molecule has 0 fully saturated rings. The lowest BCUT2D eigenvalue weighted by Crippen LogP contribution is -2.17. The van der Waals surface area contributed by atoms with Crippen molar-refractivity contribution in [1.82, 2.24) is 0 Å². The van der Waals surface area contributed by atoms with E-state index in [4.69, 9.17) is 4.74 Å². The summed E-state index contributed by atoms with van der Waals surface area (Å²) in [6.45, 7) is 0.276. The minimum Gasteiger partial charge on any atom is -0.489 e. The topological polar surface area (TPSA) is 18.5 Å². The Morgan fingerprint density at radius 2 is 1.73 bits per heavy atom. The zero-order valence-corrected chi connectivity index (χ0v) is 9.14. The molecular weight excluding hydrogens is 277 g/mol. The fraction of sp³-hybridized carbons (Fsp3) is 0.333. The minimum absolute atomic E-state index is 0.0780. The summed E-state index contributed by atoms with van der Waals surface area (Å²) in [5.41, 5.74) is 0. The quantitative estimate of drug-likeness (QED) is 0.790. The third-order valence-corrected chi connectivity index (χ3v) is 1.73. The fourth-order valence-electron chi connectivity index (χ4n) is 0.927. The van der Waals surface area contributed by atoms with Crippen molar-refractivity contribution in [2.24, 2.45) is 0 Å². The molecule has 2 nitrogen and oxygen atoms in total. The van der Waals surface area contributed by atoms with Crippen LogP contribution in [0.25, 0.3) is 0 Å². The first-order chi connectivity index (χ1) is 7.03. The molecule has 6 heteroatoms. The Kier molecular flexibility index (Phi) is 4.26. The molecule has 0 atom stereocenters. The third-order valence-electron chi connectivity index (χ3n) is 1.41. The number of halogens is 4. The highest BCUT2D eigenvalue weighted by molar-refractivity contribution is 9.09. The van der Waals surface area contributed by atoms with Crippen molar-refractivity contribution in [2.45, 2.75) is 6.36 Å². The number of para-hydroxylation sites is 2. The molecule has 0 aliphatic heterocycles. The van der Waals surface area contributed by atoms with Crippen molar-refractivity contribution in [3.8, 4) is 11.5 Å². The Morgan fingerprint density at radius 3 is 2.27 bits per heavy atom. The van der Waals surface area contributed by atoms with Crippen molar-refractivity contribution in [3.05, 3.63) is 24.3 Å². The molecule has 0 spiro atoms. The standard InChI is InChI=1S/C9H8BrF3O2/c10-5-6-14-7-3-1-2-4-8(7)15-9(11,12)13/h1-4H,5-6H2. The van der Waals surface area contributed by atoms with Crippen LogP contribution < -0.4 is 9.47 Å². The molecule has 15 heavy (non-hydrogen) atoms. The molecule has 0 saturated carbocycles. The smallest absolute Gasteiger partial charge is 0.489 e. The van der Waals surface area contributed by atoms with Gasteiger partial charge < -0.3 is 9.47 Å². The second kappa shape index (κ2) is 5.25. The molecule has 0 aliphatic rings. The van der Waals surface area contributed by atoms with Crippen LogP contribution in [0.15, 0.2) is 24.3 Å². The van der Waals surface area contributed by atoms with Crippen LogP contribution in [0, 0.1) is 0 Å². The number of alkyl halides is 4. The second-order valence-corrected chi connectivity index (χ2v) is 3.32. The number of rotatable bonds is 4. The zero-order chi connectivity index (χ0) is 11.3. The van der Waals surface area contributed by atoms with Gasteiger partial charge in [0.05, 0.1) is 6.61 Å². The van der Waals surface area contributed by atoms with Gasteiger partial charge in [-0.1, -0.05) is 28.1 Å². The molecule has 0 aliphatic carbocycles. The maximum absolute atomic E-state index is 12.0. The van der Waals surface area contributed by atoms with Gasteiger partial charge in [-0.2, -0.15) is 0 Å². The summed E-state index contributed by atoms with van der Waals surface area (Å²) >= 11 is 3.10. The van der Waals surface area contributed by atoms with E-state index in [0.717, 1.165) is 0 Å². The summed E-state index contributed by atoms with van der Waals surface area (Å²) in [6, 6.07) is 5.65. The molecule has 0 bridgehead atoms. The van der Waals surface area contributed by atoms with Gasteiger partial charge in [-0.3, -0.25) is 0 Å². The molecule has 1 aromatic carbocycles. The SMILES string of the molecule is FC(F)(F)Oc1ccccc1OCCBr. The van der Waals surface area contributed by atoms with Gasteiger partial charge in [-0.15, -0.1) is 13.2 Å². The van der Waals surface area contributed by atoms with Crippen molar-refractivity contribution < 1.29 is 22.6 Å². The largest absolute Gasteiger partial charge is 0.573 e. The highest BCUT2D eigenvalue weighted by atomic mass is 79.9. The van der Waals surface area contributed by atoms with Gasteiger partial charge >= 0.3 is 6.36 Å². The van der Waals surface area contributed by atoms with E-state index in [1.807, 2.05) is 0 Å². The van der Waals surface area contributed by atoms with Crippen LogP contribution in [0.5, 0.6) is 11.5 Å². The van der Waals surface area contributed by atoms with Crippen LogP contribution in [-0.4, -0.2) is 18.3 Å². The first kappa shape index (κ1) is 12.2. The summed E-state index contributed by atoms with van der Waals surface area (Å²) in [7, 11) is 0. The molecule has 0 N–H and O–H groups in total. The van der Waals surface area contributed by atoms with Gasteiger partial charge in [0, 0.05) is 5.33 Å². The normalized spacial score (nSPS) is 11.2. The van der Waals surface area contributed by atoms with Gasteiger partial charge in [0.2, 0.25) is 0 Å². The predicted octanol–water partition coefficient (Wildman–Crippen LogP) is 3.36. The molecule has 0 heterocycles. The maximum atomic E-state index is 12.0. The van der Waals surface area contributed by atoms with E-state index in [9.17, 15) is 13.2 Å². The van der Waals surface area contributed by atoms with Crippen LogP contribution in [0.4, 0.5) is 13.2 Å². The molecule has 0 amide bonds. The second-order valence-electron chi connectivity index (χ2n) is 2.53. The van der Waals surface area contributed by atoms with Crippen molar-refractivity contribution >= 4 is 15.9 Å². The third kappa shape index (κ3) is 4.42. The summed E-state index contributed by atoms with van der Waals surface area (Å²) in [5, 5.41) is 0.535. The Hall–Kier alpha value is -0.910. The van der Waals surface area contributed by atoms with Gasteiger partial charge in [-0.25, -0.2) is 0 Å². The van der Waals surface area contributed by atoms with Crippen LogP contribution in [0.1, 0.15) is 0 Å². The van der Waals surface area contributed by atoms with Gasteiger partial charge in [0.15, 0.2) is 11.5 Å². The highest BCUT2D eigenvalue weighted by Gasteiger charge is 2.32. The first-order valence-corrected chi connectivity index (χ1v) is 5.18. The first-order valence-electron chi connectivity index (χ1n) is 4.06. The van der Waals surface area contributed by atoms with Crippen LogP contribution in [-0.2, 0) is 0 Å². The van der Waals surface area contributed by atoms with Gasteiger partial charge in [0.25, 0.3) is 0 Å². The van der Waals surface area contributed by atoms with E-state index < -0.39 is 6.36 Å². The summed E-state index contributed by atoms with van der Waals surface area (Å²) in [5.74, 6) is -0.250. The number of ether oxygens (including phenoxy) is 2. The van der Waals surface area contributed by atoms with E-state index in [1.54, 1.807) is 6.07 Å². The molecule has 84 valence electrons. The average Bonchev–Trinajstić information content (AvgIpc) is 2.14. The zero-order valence-electron chi connectivity index (χ0n) is 7.55. The van der Waals surface area contributed by atoms with Crippen molar-refractivity contribution in [2.75, 3.05) is 11.9 Å². The number of hydrogen-bond donors (Lipinski definition) is 0. The van der Waals surface area contributed by atoms with E-state index in [1.165, 1.54) is 18.2 Å². The van der Waals surface area contributed by atoms with E-state index in [0.29, 0.717) is 5.33 Å². The molecule has 0 unspecified atom stereocenters. The fourth-order valence-corrected chi connectivity index (χ4v) is 1.09. The Balaban J connectivity index is 2.77. The van der Waals surface area contributed by atoms with E-state index in [-0.39, 0.29) is 18.1 Å². The number of benzene rings is 1. The van der Waals surface area contributed by atoms with E-state index >= 15 is 0 Å². The Morgan fingerprint density at radius 1 is 1.13 bits per heavy atom. The van der Waals surface area contributed by atoms with Gasteiger partial charge in [-0.05, 0) is 12.1 Å². The monoisotopic (exact) mass is 284 g/mol. The minimum atomic E-state index is -4.70. The molecule has 1 rings (SSSR count). The van der Waals surface area contributed by atoms with Crippen LogP contribution >= 0.6 is 15.9 Å². The summed E-state index contributed by atoms with van der Waals surface area (Å²) in [6.07, 6.45) is -4.70. The molecule has 0 aromatic heterocycles. The lowest BCUT2D eigenvalue weighted by Gasteiger charge is -2.13. The van der Waals surface area contributed by atoms with E-state index in [2.05, 4.69) is 20.7 Å². The van der Waals surface area contributed by atoms with Crippen LogP contribution in [0.3, 0.4) is 0 Å². The lowest BCUT2D eigenvalue weighted by molar-refractivity contribution is -0.275.